The van der Waals surface area contributed by atoms with Crippen LogP contribution in [0.2, 0.25) is 0 Å². The molecule has 2 aromatic carbocycles. The quantitative estimate of drug-likeness (QED) is 0.771. The summed E-state index contributed by atoms with van der Waals surface area (Å²) in [5.41, 5.74) is 8.55. The molecule has 0 N–H and O–H groups in total. The Labute approximate surface area is 122 Å². The van der Waals surface area contributed by atoms with Gasteiger partial charge in [0, 0.05) is 6.04 Å². The van der Waals surface area contributed by atoms with Crippen LogP contribution in [0.25, 0.3) is 11.1 Å². The van der Waals surface area contributed by atoms with E-state index in [1.54, 1.807) is 0 Å². The molecule has 1 heteroatoms. The molecule has 0 aliphatic heterocycles. The first-order chi connectivity index (χ1) is 9.58. The Kier molecular flexibility index (Phi) is 3.39. The lowest BCUT2D eigenvalue weighted by molar-refractivity contribution is 0.299. The summed E-state index contributed by atoms with van der Waals surface area (Å²) >= 11 is 0. The van der Waals surface area contributed by atoms with Gasteiger partial charge >= 0.3 is 0 Å². The fourth-order valence-corrected chi connectivity index (χ4v) is 3.54. The van der Waals surface area contributed by atoms with Crippen LogP contribution in [0.3, 0.4) is 0 Å². The molecule has 0 spiro atoms. The summed E-state index contributed by atoms with van der Waals surface area (Å²) < 4.78 is 0. The first kappa shape index (κ1) is 13.4. The summed E-state index contributed by atoms with van der Waals surface area (Å²) in [6, 6.07) is 14.2. The van der Waals surface area contributed by atoms with Crippen molar-refractivity contribution in [2.75, 3.05) is 14.1 Å². The average molecular weight is 265 g/mol. The third-order valence-electron chi connectivity index (χ3n) is 4.59. The van der Waals surface area contributed by atoms with E-state index in [2.05, 4.69) is 69.2 Å². The second kappa shape index (κ2) is 5.06. The van der Waals surface area contributed by atoms with E-state index in [1.165, 1.54) is 46.2 Å². The number of fused-ring (bicyclic) bond motifs is 1. The average Bonchev–Trinajstić information content (AvgIpc) is 2.81. The van der Waals surface area contributed by atoms with Crippen molar-refractivity contribution < 1.29 is 0 Å². The molecule has 0 fully saturated rings. The molecule has 0 aromatic heterocycles. The smallest absolute Gasteiger partial charge is 0.0348 e. The van der Waals surface area contributed by atoms with Crippen molar-refractivity contribution in [3.63, 3.8) is 0 Å². The number of rotatable bonds is 2. The van der Waals surface area contributed by atoms with Crippen molar-refractivity contribution in [3.8, 4) is 11.1 Å². The number of hydrogen-bond donors (Lipinski definition) is 0. The third kappa shape index (κ3) is 2.16. The van der Waals surface area contributed by atoms with Gasteiger partial charge in [-0.25, -0.2) is 0 Å². The molecule has 1 unspecified atom stereocenters. The summed E-state index contributed by atoms with van der Waals surface area (Å²) in [6.07, 6.45) is 2.46. The lowest BCUT2D eigenvalue weighted by Gasteiger charge is -2.21. The highest BCUT2D eigenvalue weighted by atomic mass is 15.1. The van der Waals surface area contributed by atoms with Crippen LogP contribution in [0.15, 0.2) is 36.4 Å². The van der Waals surface area contributed by atoms with Gasteiger partial charge in [0.2, 0.25) is 0 Å². The van der Waals surface area contributed by atoms with Gasteiger partial charge in [-0.15, -0.1) is 0 Å². The zero-order valence-electron chi connectivity index (χ0n) is 12.9. The van der Waals surface area contributed by atoms with Crippen LogP contribution in [-0.4, -0.2) is 19.0 Å². The van der Waals surface area contributed by atoms with E-state index in [4.69, 9.17) is 0 Å². The van der Waals surface area contributed by atoms with Crippen LogP contribution in [-0.2, 0) is 6.42 Å². The van der Waals surface area contributed by atoms with Crippen molar-refractivity contribution in [1.82, 2.24) is 4.90 Å². The molecule has 3 rings (SSSR count). The van der Waals surface area contributed by atoms with E-state index < -0.39 is 0 Å². The van der Waals surface area contributed by atoms with Gasteiger partial charge in [0.1, 0.15) is 0 Å². The molecular formula is C19H23N. The highest BCUT2D eigenvalue weighted by Gasteiger charge is 2.24. The van der Waals surface area contributed by atoms with E-state index in [0.29, 0.717) is 6.04 Å². The molecule has 1 aliphatic carbocycles. The van der Waals surface area contributed by atoms with Gasteiger partial charge in [-0.2, -0.15) is 0 Å². The predicted octanol–water partition coefficient (Wildman–Crippen LogP) is 4.52. The third-order valence-corrected chi connectivity index (χ3v) is 4.59. The summed E-state index contributed by atoms with van der Waals surface area (Å²) in [7, 11) is 4.37. The maximum Gasteiger partial charge on any atom is 0.0348 e. The lowest BCUT2D eigenvalue weighted by Crippen LogP contribution is -2.17. The molecule has 0 bridgehead atoms. The van der Waals surface area contributed by atoms with Crippen molar-refractivity contribution in [3.05, 3.63) is 58.7 Å². The largest absolute Gasteiger partial charge is 0.302 e. The molecule has 1 atom stereocenters. The SMILES string of the molecule is Cc1cccc(C)c1-c1ccc2c(c1)C(N(C)C)CC2. The minimum Gasteiger partial charge on any atom is -0.302 e. The molecule has 1 aliphatic rings. The number of hydrogen-bond acceptors (Lipinski definition) is 1. The Morgan fingerprint density at radius 1 is 1.00 bits per heavy atom. The Hall–Kier alpha value is -1.60. The number of nitrogens with zero attached hydrogens (tertiary/aromatic N) is 1. The molecule has 0 saturated carbocycles. The molecule has 104 valence electrons. The van der Waals surface area contributed by atoms with Gasteiger partial charge in [0.25, 0.3) is 0 Å². The lowest BCUT2D eigenvalue weighted by atomic mass is 9.93. The fourth-order valence-electron chi connectivity index (χ4n) is 3.54. The van der Waals surface area contributed by atoms with E-state index in [9.17, 15) is 0 Å². The second-order valence-electron chi connectivity index (χ2n) is 6.20. The van der Waals surface area contributed by atoms with Crippen LogP contribution >= 0.6 is 0 Å². The predicted molar refractivity (Wildman–Crippen MR) is 86.1 cm³/mol. The Balaban J connectivity index is 2.12. The highest BCUT2D eigenvalue weighted by Crippen LogP contribution is 2.38. The number of benzene rings is 2. The van der Waals surface area contributed by atoms with Crippen LogP contribution in [0, 0.1) is 13.8 Å². The number of aryl methyl sites for hydroxylation is 3. The minimum absolute atomic E-state index is 0.578. The van der Waals surface area contributed by atoms with E-state index in [1.807, 2.05) is 0 Å². The first-order valence-electron chi connectivity index (χ1n) is 7.44. The van der Waals surface area contributed by atoms with Crippen LogP contribution in [0.1, 0.15) is 34.7 Å². The van der Waals surface area contributed by atoms with E-state index in [0.717, 1.165) is 0 Å². The Morgan fingerprint density at radius 3 is 2.35 bits per heavy atom. The molecule has 0 amide bonds. The van der Waals surface area contributed by atoms with E-state index >= 15 is 0 Å². The fraction of sp³-hybridized carbons (Fsp3) is 0.368. The summed E-state index contributed by atoms with van der Waals surface area (Å²) in [5.74, 6) is 0. The molecule has 0 radical (unpaired) electrons. The van der Waals surface area contributed by atoms with Gasteiger partial charge in [-0.3, -0.25) is 0 Å². The topological polar surface area (TPSA) is 3.24 Å². The monoisotopic (exact) mass is 265 g/mol. The van der Waals surface area contributed by atoms with Crippen LogP contribution in [0.4, 0.5) is 0 Å². The molecule has 2 aromatic rings. The minimum atomic E-state index is 0.578. The van der Waals surface area contributed by atoms with Crippen LogP contribution in [0.5, 0.6) is 0 Å². The maximum atomic E-state index is 2.42. The highest BCUT2D eigenvalue weighted by molar-refractivity contribution is 5.72. The van der Waals surface area contributed by atoms with E-state index in [-0.39, 0.29) is 0 Å². The summed E-state index contributed by atoms with van der Waals surface area (Å²) in [4.78, 5) is 2.35. The van der Waals surface area contributed by atoms with Crippen molar-refractivity contribution >= 4 is 0 Å². The normalized spacial score (nSPS) is 17.6. The van der Waals surface area contributed by atoms with Gasteiger partial charge in [-0.05, 0) is 80.2 Å². The van der Waals surface area contributed by atoms with Crippen LogP contribution < -0.4 is 0 Å². The molecule has 1 nitrogen and oxygen atoms in total. The maximum absolute atomic E-state index is 2.42. The molecule has 20 heavy (non-hydrogen) atoms. The molecular weight excluding hydrogens is 242 g/mol. The van der Waals surface area contributed by atoms with Gasteiger partial charge in [0.15, 0.2) is 0 Å². The summed E-state index contributed by atoms with van der Waals surface area (Å²) in [5, 5.41) is 0. The molecule has 0 heterocycles. The Bertz CT molecular complexity index is 620. The standard InChI is InChI=1S/C19H23N/c1-13-6-5-7-14(2)19(13)16-9-8-15-10-11-18(20(3)4)17(15)12-16/h5-9,12,18H,10-11H2,1-4H3. The van der Waals surface area contributed by atoms with Crippen molar-refractivity contribution in [2.24, 2.45) is 0 Å². The van der Waals surface area contributed by atoms with Crippen molar-refractivity contribution in [1.29, 1.82) is 0 Å². The second-order valence-corrected chi connectivity index (χ2v) is 6.20. The first-order valence-corrected chi connectivity index (χ1v) is 7.44. The summed E-state index contributed by atoms with van der Waals surface area (Å²) in [6.45, 7) is 4.41. The zero-order valence-corrected chi connectivity index (χ0v) is 12.9. The Morgan fingerprint density at radius 2 is 1.70 bits per heavy atom. The van der Waals surface area contributed by atoms with Gasteiger partial charge in [-0.1, -0.05) is 30.3 Å². The van der Waals surface area contributed by atoms with Crippen molar-refractivity contribution in [2.45, 2.75) is 32.7 Å². The van der Waals surface area contributed by atoms with Gasteiger partial charge < -0.3 is 4.90 Å². The van der Waals surface area contributed by atoms with Gasteiger partial charge in [0.05, 0.1) is 0 Å². The molecule has 0 saturated heterocycles. The zero-order chi connectivity index (χ0) is 14.3.